The molecule has 0 bridgehead atoms. The third kappa shape index (κ3) is 6.97. The fraction of sp³-hybridized carbons (Fsp3) is 0.591. The summed E-state index contributed by atoms with van der Waals surface area (Å²) in [4.78, 5) is 40.7. The van der Waals surface area contributed by atoms with Crippen LogP contribution in [0.4, 0.5) is 13.2 Å². The predicted octanol–water partition coefficient (Wildman–Crippen LogP) is 3.32. The van der Waals surface area contributed by atoms with Crippen LogP contribution in [-0.4, -0.2) is 59.2 Å². The molecule has 1 aromatic carbocycles. The highest BCUT2D eigenvalue weighted by molar-refractivity contribution is 5.94. The third-order valence-corrected chi connectivity index (χ3v) is 5.13. The van der Waals surface area contributed by atoms with E-state index in [9.17, 15) is 27.6 Å². The summed E-state index contributed by atoms with van der Waals surface area (Å²) in [5.74, 6) is -0.985. The Bertz CT molecular complexity index is 793. The molecule has 1 aliphatic heterocycles. The van der Waals surface area contributed by atoms with Crippen molar-refractivity contribution in [1.82, 2.24) is 15.1 Å². The maximum Gasteiger partial charge on any atom is 0.416 e. The van der Waals surface area contributed by atoms with Gasteiger partial charge < -0.3 is 15.1 Å². The molecular formula is C22H30F3N3O3. The summed E-state index contributed by atoms with van der Waals surface area (Å²) < 4.78 is 38.1. The Kier molecular flexibility index (Phi) is 7.72. The summed E-state index contributed by atoms with van der Waals surface area (Å²) in [5, 5.41) is 2.84. The zero-order chi connectivity index (χ0) is 23.4. The fourth-order valence-electron chi connectivity index (χ4n) is 3.55. The molecule has 0 saturated carbocycles. The number of carbonyl (C=O) groups is 3. The highest BCUT2D eigenvalue weighted by atomic mass is 19.4. The van der Waals surface area contributed by atoms with Gasteiger partial charge in [-0.25, -0.2) is 0 Å². The van der Waals surface area contributed by atoms with Gasteiger partial charge in [-0.1, -0.05) is 0 Å². The minimum Gasteiger partial charge on any atom is -0.350 e. The van der Waals surface area contributed by atoms with Crippen molar-refractivity contribution in [3.8, 4) is 0 Å². The van der Waals surface area contributed by atoms with Gasteiger partial charge in [-0.2, -0.15) is 13.2 Å². The van der Waals surface area contributed by atoms with Crippen molar-refractivity contribution >= 4 is 17.7 Å². The van der Waals surface area contributed by atoms with Crippen molar-refractivity contribution in [2.45, 2.75) is 52.3 Å². The summed E-state index contributed by atoms with van der Waals surface area (Å²) in [7, 11) is 0. The van der Waals surface area contributed by atoms with Crippen LogP contribution in [0.15, 0.2) is 24.3 Å². The second-order valence-corrected chi connectivity index (χ2v) is 8.79. The number of amides is 3. The van der Waals surface area contributed by atoms with Crippen molar-refractivity contribution < 1.29 is 27.6 Å². The molecule has 0 aromatic heterocycles. The summed E-state index contributed by atoms with van der Waals surface area (Å²) in [6.45, 7) is 8.47. The molecule has 1 heterocycles. The van der Waals surface area contributed by atoms with E-state index in [1.54, 1.807) is 4.90 Å². The molecule has 0 atom stereocenters. The molecule has 0 spiro atoms. The summed E-state index contributed by atoms with van der Waals surface area (Å²) >= 11 is 0. The van der Waals surface area contributed by atoms with E-state index < -0.39 is 11.7 Å². The molecule has 9 heteroatoms. The molecule has 1 N–H and O–H groups in total. The molecule has 6 nitrogen and oxygen atoms in total. The Balaban J connectivity index is 1.92. The maximum absolute atomic E-state index is 12.8. The smallest absolute Gasteiger partial charge is 0.350 e. The van der Waals surface area contributed by atoms with Crippen molar-refractivity contribution in [2.75, 3.05) is 26.2 Å². The number of halogens is 3. The van der Waals surface area contributed by atoms with E-state index in [-0.39, 0.29) is 41.3 Å². The van der Waals surface area contributed by atoms with Crippen LogP contribution in [0.1, 0.15) is 56.5 Å². The number of alkyl halides is 3. The standard InChI is InChI=1S/C22H30F3N3O3/c1-5-27(14-18(29)26-21(2,3)4)19(30)16-10-12-28(13-11-16)20(31)15-6-8-17(9-7-15)22(23,24)25/h6-9,16H,5,10-14H2,1-4H3,(H,26,29). The number of nitrogens with zero attached hydrogens (tertiary/aromatic N) is 2. The Morgan fingerprint density at radius 1 is 1.06 bits per heavy atom. The topological polar surface area (TPSA) is 69.7 Å². The average molecular weight is 441 g/mol. The minimum absolute atomic E-state index is 0.0166. The second-order valence-electron chi connectivity index (χ2n) is 8.79. The van der Waals surface area contributed by atoms with Crippen molar-refractivity contribution in [3.63, 3.8) is 0 Å². The Morgan fingerprint density at radius 3 is 2.06 bits per heavy atom. The Morgan fingerprint density at radius 2 is 1.61 bits per heavy atom. The van der Waals surface area contributed by atoms with Crippen LogP contribution in [-0.2, 0) is 15.8 Å². The fourth-order valence-corrected chi connectivity index (χ4v) is 3.55. The lowest BCUT2D eigenvalue weighted by Gasteiger charge is -2.34. The molecule has 1 aromatic rings. The average Bonchev–Trinajstić information content (AvgIpc) is 2.69. The minimum atomic E-state index is -4.45. The predicted molar refractivity (Wildman–Crippen MR) is 110 cm³/mol. The Labute approximate surface area is 180 Å². The number of hydrogen-bond acceptors (Lipinski definition) is 3. The summed E-state index contributed by atoms with van der Waals surface area (Å²) in [5.41, 5.74) is -1.00. The van der Waals surface area contributed by atoms with E-state index in [1.807, 2.05) is 27.7 Å². The maximum atomic E-state index is 12.8. The first-order valence-electron chi connectivity index (χ1n) is 10.4. The van der Waals surface area contributed by atoms with E-state index in [1.165, 1.54) is 17.0 Å². The number of benzene rings is 1. The van der Waals surface area contributed by atoms with Gasteiger partial charge in [0.25, 0.3) is 5.91 Å². The van der Waals surface area contributed by atoms with Crippen LogP contribution in [0.3, 0.4) is 0 Å². The second kappa shape index (κ2) is 9.70. The van der Waals surface area contributed by atoms with Gasteiger partial charge in [-0.3, -0.25) is 14.4 Å². The van der Waals surface area contributed by atoms with Gasteiger partial charge >= 0.3 is 6.18 Å². The van der Waals surface area contributed by atoms with E-state index in [0.717, 1.165) is 12.1 Å². The van der Waals surface area contributed by atoms with E-state index >= 15 is 0 Å². The van der Waals surface area contributed by atoms with E-state index in [4.69, 9.17) is 0 Å². The molecule has 1 fully saturated rings. The van der Waals surface area contributed by atoms with Gasteiger partial charge in [0.1, 0.15) is 0 Å². The lowest BCUT2D eigenvalue weighted by Crippen LogP contribution is -2.49. The molecule has 0 aliphatic carbocycles. The molecule has 1 saturated heterocycles. The SMILES string of the molecule is CCN(CC(=O)NC(C)(C)C)C(=O)C1CCN(C(=O)c2ccc(C(F)(F)F)cc2)CC1. The molecule has 2 rings (SSSR count). The number of likely N-dealkylation sites (N-methyl/N-ethyl adjacent to an activating group) is 1. The third-order valence-electron chi connectivity index (χ3n) is 5.13. The number of nitrogens with one attached hydrogen (secondary N) is 1. The van der Waals surface area contributed by atoms with Crippen LogP contribution >= 0.6 is 0 Å². The van der Waals surface area contributed by atoms with Crippen molar-refractivity contribution in [2.24, 2.45) is 5.92 Å². The molecule has 0 unspecified atom stereocenters. The largest absolute Gasteiger partial charge is 0.416 e. The van der Waals surface area contributed by atoms with Crippen molar-refractivity contribution in [3.05, 3.63) is 35.4 Å². The molecule has 172 valence electrons. The highest BCUT2D eigenvalue weighted by Crippen LogP contribution is 2.29. The number of carbonyl (C=O) groups excluding carboxylic acids is 3. The van der Waals surface area contributed by atoms with Crippen LogP contribution < -0.4 is 5.32 Å². The highest BCUT2D eigenvalue weighted by Gasteiger charge is 2.33. The molecule has 1 aliphatic rings. The zero-order valence-electron chi connectivity index (χ0n) is 18.4. The monoisotopic (exact) mass is 441 g/mol. The normalized spacial score (nSPS) is 15.5. The van der Waals surface area contributed by atoms with Crippen LogP contribution in [0.5, 0.6) is 0 Å². The molecule has 3 amide bonds. The number of piperidine rings is 1. The first kappa shape index (κ1) is 24.7. The lowest BCUT2D eigenvalue weighted by molar-refractivity contribution is -0.140. The van der Waals surface area contributed by atoms with Crippen LogP contribution in [0.25, 0.3) is 0 Å². The van der Waals surface area contributed by atoms with Gasteiger partial charge in [-0.15, -0.1) is 0 Å². The summed E-state index contributed by atoms with van der Waals surface area (Å²) in [6.07, 6.45) is -3.56. The molecule has 31 heavy (non-hydrogen) atoms. The number of likely N-dealkylation sites (tertiary alicyclic amines) is 1. The summed E-state index contributed by atoms with van der Waals surface area (Å²) in [6, 6.07) is 4.14. The zero-order valence-corrected chi connectivity index (χ0v) is 18.4. The number of hydrogen-bond donors (Lipinski definition) is 1. The lowest BCUT2D eigenvalue weighted by atomic mass is 9.94. The quantitative estimate of drug-likeness (QED) is 0.762. The first-order chi connectivity index (χ1) is 14.3. The van der Waals surface area contributed by atoms with Gasteiger partial charge in [0, 0.05) is 36.7 Å². The van der Waals surface area contributed by atoms with Crippen LogP contribution in [0, 0.1) is 5.92 Å². The van der Waals surface area contributed by atoms with E-state index in [0.29, 0.717) is 32.5 Å². The Hall–Kier alpha value is -2.58. The number of rotatable bonds is 5. The van der Waals surface area contributed by atoms with Gasteiger partial charge in [0.2, 0.25) is 11.8 Å². The van der Waals surface area contributed by atoms with Crippen molar-refractivity contribution in [1.29, 1.82) is 0 Å². The first-order valence-corrected chi connectivity index (χ1v) is 10.4. The molecular weight excluding hydrogens is 411 g/mol. The van der Waals surface area contributed by atoms with E-state index in [2.05, 4.69) is 5.32 Å². The van der Waals surface area contributed by atoms with Crippen LogP contribution in [0.2, 0.25) is 0 Å². The van der Waals surface area contributed by atoms with Gasteiger partial charge in [-0.05, 0) is 64.8 Å². The van der Waals surface area contributed by atoms with Gasteiger partial charge in [0.15, 0.2) is 0 Å². The molecule has 0 radical (unpaired) electrons. The van der Waals surface area contributed by atoms with Gasteiger partial charge in [0.05, 0.1) is 12.1 Å².